The van der Waals surface area contributed by atoms with Gasteiger partial charge in [0.05, 0.1) is 0 Å². The van der Waals surface area contributed by atoms with Crippen molar-refractivity contribution < 1.29 is 0 Å². The van der Waals surface area contributed by atoms with Crippen LogP contribution < -0.4 is 5.32 Å². The van der Waals surface area contributed by atoms with Gasteiger partial charge in [-0.1, -0.05) is 20.3 Å². The maximum Gasteiger partial charge on any atom is 0.131 e. The molecular formula is C17H29N3. The Morgan fingerprint density at radius 2 is 1.80 bits per heavy atom. The number of hydrogen-bond donors (Lipinski definition) is 1. The minimum Gasteiger partial charge on any atom is -0.313 e. The van der Waals surface area contributed by atoms with Gasteiger partial charge in [0.15, 0.2) is 0 Å². The summed E-state index contributed by atoms with van der Waals surface area (Å²) in [6.07, 6.45) is 6.36. The fourth-order valence-electron chi connectivity index (χ4n) is 3.27. The van der Waals surface area contributed by atoms with Gasteiger partial charge in [0, 0.05) is 29.4 Å². The Hall–Kier alpha value is -0.960. The molecule has 0 spiro atoms. The van der Waals surface area contributed by atoms with Crippen LogP contribution in [0.5, 0.6) is 0 Å². The summed E-state index contributed by atoms with van der Waals surface area (Å²) in [6, 6.07) is 0. The predicted molar refractivity (Wildman–Crippen MR) is 83.9 cm³/mol. The van der Waals surface area contributed by atoms with Crippen molar-refractivity contribution in [2.45, 2.75) is 72.3 Å². The second-order valence-electron chi connectivity index (χ2n) is 6.19. The van der Waals surface area contributed by atoms with Gasteiger partial charge < -0.3 is 5.32 Å². The molecule has 1 aliphatic rings. The van der Waals surface area contributed by atoms with Crippen LogP contribution in [0.25, 0.3) is 0 Å². The molecule has 0 amide bonds. The van der Waals surface area contributed by atoms with Gasteiger partial charge in [0.1, 0.15) is 5.82 Å². The van der Waals surface area contributed by atoms with Crippen molar-refractivity contribution in [2.75, 3.05) is 6.54 Å². The maximum atomic E-state index is 4.81. The van der Waals surface area contributed by atoms with Crippen LogP contribution in [-0.2, 0) is 6.54 Å². The van der Waals surface area contributed by atoms with Crippen LogP contribution in [0.4, 0.5) is 0 Å². The molecule has 1 saturated carbocycles. The first-order chi connectivity index (χ1) is 9.65. The molecule has 0 radical (unpaired) electrons. The molecule has 1 N–H and O–H groups in total. The van der Waals surface area contributed by atoms with Gasteiger partial charge in [-0.15, -0.1) is 0 Å². The first kappa shape index (κ1) is 15.4. The molecule has 1 aromatic rings. The van der Waals surface area contributed by atoms with E-state index in [1.165, 1.54) is 31.2 Å². The van der Waals surface area contributed by atoms with Crippen molar-refractivity contribution in [3.05, 3.63) is 22.8 Å². The Bertz CT molecular complexity index is 419. The number of aryl methyl sites for hydroxylation is 2. The van der Waals surface area contributed by atoms with Crippen molar-refractivity contribution >= 4 is 0 Å². The average Bonchev–Trinajstić information content (AvgIpc) is 2.90. The van der Waals surface area contributed by atoms with E-state index < -0.39 is 0 Å². The molecule has 0 aliphatic heterocycles. The van der Waals surface area contributed by atoms with E-state index in [0.717, 1.165) is 42.6 Å². The minimum atomic E-state index is 0.593. The third kappa shape index (κ3) is 3.57. The average molecular weight is 275 g/mol. The molecule has 0 bridgehead atoms. The highest BCUT2D eigenvalue weighted by molar-refractivity contribution is 5.25. The van der Waals surface area contributed by atoms with E-state index in [0.29, 0.717) is 5.92 Å². The van der Waals surface area contributed by atoms with E-state index >= 15 is 0 Å². The lowest BCUT2D eigenvalue weighted by molar-refractivity contribution is 0.515. The second-order valence-corrected chi connectivity index (χ2v) is 6.19. The summed E-state index contributed by atoms with van der Waals surface area (Å²) in [5.41, 5.74) is 3.61. The van der Waals surface area contributed by atoms with E-state index in [1.54, 1.807) is 0 Å². The zero-order valence-electron chi connectivity index (χ0n) is 13.5. The number of rotatable bonds is 6. The molecule has 3 heteroatoms. The molecule has 1 heterocycles. The van der Waals surface area contributed by atoms with E-state index in [-0.39, 0.29) is 0 Å². The summed E-state index contributed by atoms with van der Waals surface area (Å²) in [7, 11) is 0. The minimum absolute atomic E-state index is 0.593. The highest BCUT2D eigenvalue weighted by atomic mass is 14.9. The van der Waals surface area contributed by atoms with Crippen LogP contribution in [0.1, 0.15) is 74.6 Å². The number of aromatic nitrogens is 2. The van der Waals surface area contributed by atoms with Gasteiger partial charge in [-0.05, 0) is 52.0 Å². The van der Waals surface area contributed by atoms with Crippen LogP contribution in [0, 0.1) is 19.8 Å². The van der Waals surface area contributed by atoms with Gasteiger partial charge in [0.2, 0.25) is 0 Å². The molecule has 1 aromatic heterocycles. The lowest BCUT2D eigenvalue weighted by Gasteiger charge is -2.15. The first-order valence-electron chi connectivity index (χ1n) is 8.20. The highest BCUT2D eigenvalue weighted by Crippen LogP contribution is 2.38. The summed E-state index contributed by atoms with van der Waals surface area (Å²) in [5.74, 6) is 2.57. The molecule has 0 aromatic carbocycles. The third-order valence-electron chi connectivity index (χ3n) is 4.65. The lowest BCUT2D eigenvalue weighted by Crippen LogP contribution is -2.18. The molecule has 2 atom stereocenters. The van der Waals surface area contributed by atoms with Gasteiger partial charge in [-0.2, -0.15) is 0 Å². The van der Waals surface area contributed by atoms with Crippen molar-refractivity contribution in [2.24, 2.45) is 5.92 Å². The van der Waals surface area contributed by atoms with Crippen molar-refractivity contribution in [1.82, 2.24) is 15.3 Å². The van der Waals surface area contributed by atoms with Gasteiger partial charge in [-0.25, -0.2) is 9.97 Å². The molecule has 1 fully saturated rings. The van der Waals surface area contributed by atoms with E-state index in [4.69, 9.17) is 9.97 Å². The number of nitrogens with zero attached hydrogens (tertiary/aromatic N) is 2. The van der Waals surface area contributed by atoms with E-state index in [2.05, 4.69) is 33.0 Å². The zero-order valence-corrected chi connectivity index (χ0v) is 13.5. The molecule has 1 aliphatic carbocycles. The van der Waals surface area contributed by atoms with Gasteiger partial charge >= 0.3 is 0 Å². The topological polar surface area (TPSA) is 37.8 Å². The Morgan fingerprint density at radius 1 is 1.10 bits per heavy atom. The molecule has 20 heavy (non-hydrogen) atoms. The number of nitrogens with one attached hydrogen (secondary N) is 1. The second kappa shape index (κ2) is 7.16. The summed E-state index contributed by atoms with van der Waals surface area (Å²) >= 11 is 0. The molecule has 0 saturated heterocycles. The first-order valence-corrected chi connectivity index (χ1v) is 8.20. The van der Waals surface area contributed by atoms with Crippen molar-refractivity contribution in [3.8, 4) is 0 Å². The van der Waals surface area contributed by atoms with Crippen LogP contribution in [0.15, 0.2) is 0 Å². The van der Waals surface area contributed by atoms with Gasteiger partial charge in [0.25, 0.3) is 0 Å². The molecule has 3 nitrogen and oxygen atoms in total. The Labute approximate surface area is 123 Å². The Balaban J connectivity index is 2.09. The SMILES string of the molecule is CCCNCc1c(C)nc(C2CCC(CC)C2)nc1C. The van der Waals surface area contributed by atoms with Crippen molar-refractivity contribution in [1.29, 1.82) is 0 Å². The molecule has 2 rings (SSSR count). The molecule has 2 unspecified atom stereocenters. The maximum absolute atomic E-state index is 4.81. The van der Waals surface area contributed by atoms with Crippen molar-refractivity contribution in [3.63, 3.8) is 0 Å². The summed E-state index contributed by atoms with van der Waals surface area (Å²) in [4.78, 5) is 9.62. The van der Waals surface area contributed by atoms with Crippen LogP contribution in [0.3, 0.4) is 0 Å². The van der Waals surface area contributed by atoms with Crippen LogP contribution in [-0.4, -0.2) is 16.5 Å². The lowest BCUT2D eigenvalue weighted by atomic mass is 10.0. The number of hydrogen-bond acceptors (Lipinski definition) is 3. The normalized spacial score (nSPS) is 22.4. The standard InChI is InChI=1S/C17H29N3/c1-5-9-18-11-16-12(3)19-17(20-13(16)4)15-8-7-14(6-2)10-15/h14-15,18H,5-11H2,1-4H3. The fraction of sp³-hybridized carbons (Fsp3) is 0.765. The third-order valence-corrected chi connectivity index (χ3v) is 4.65. The highest BCUT2D eigenvalue weighted by Gasteiger charge is 2.27. The Morgan fingerprint density at radius 3 is 2.35 bits per heavy atom. The quantitative estimate of drug-likeness (QED) is 0.800. The van der Waals surface area contributed by atoms with E-state index in [9.17, 15) is 0 Å². The Kier molecular flexibility index (Phi) is 5.53. The summed E-state index contributed by atoms with van der Waals surface area (Å²) in [5, 5.41) is 3.46. The monoisotopic (exact) mass is 275 g/mol. The predicted octanol–water partition coefficient (Wildman–Crippen LogP) is 3.89. The zero-order chi connectivity index (χ0) is 14.5. The van der Waals surface area contributed by atoms with Gasteiger partial charge in [-0.3, -0.25) is 0 Å². The summed E-state index contributed by atoms with van der Waals surface area (Å²) in [6.45, 7) is 10.7. The molecule has 112 valence electrons. The van der Waals surface area contributed by atoms with Crippen LogP contribution in [0.2, 0.25) is 0 Å². The molecular weight excluding hydrogens is 246 g/mol. The largest absolute Gasteiger partial charge is 0.313 e. The van der Waals surface area contributed by atoms with Crippen LogP contribution >= 0.6 is 0 Å². The summed E-state index contributed by atoms with van der Waals surface area (Å²) < 4.78 is 0. The fourth-order valence-corrected chi connectivity index (χ4v) is 3.27. The van der Waals surface area contributed by atoms with E-state index in [1.807, 2.05) is 0 Å². The smallest absolute Gasteiger partial charge is 0.131 e.